The van der Waals surface area contributed by atoms with Crippen molar-refractivity contribution in [1.29, 1.82) is 0 Å². The molecule has 0 unspecified atom stereocenters. The van der Waals surface area contributed by atoms with Crippen LogP contribution in [0.15, 0.2) is 35.0 Å². The summed E-state index contributed by atoms with van der Waals surface area (Å²) in [5.41, 5.74) is 0.861. The molecule has 0 atom stereocenters. The van der Waals surface area contributed by atoms with Crippen LogP contribution in [0.3, 0.4) is 0 Å². The van der Waals surface area contributed by atoms with Gasteiger partial charge < -0.3 is 9.47 Å². The van der Waals surface area contributed by atoms with E-state index in [1.54, 1.807) is 24.4 Å². The van der Waals surface area contributed by atoms with Gasteiger partial charge in [-0.25, -0.2) is 5.10 Å². The molecule has 8 heteroatoms. The Hall–Kier alpha value is -1.07. The van der Waals surface area contributed by atoms with Crippen molar-refractivity contribution in [1.82, 2.24) is 10.2 Å². The van der Waals surface area contributed by atoms with Crippen LogP contribution in [0, 0.1) is 0 Å². The van der Waals surface area contributed by atoms with Gasteiger partial charge in [-0.05, 0) is 36.6 Å². The summed E-state index contributed by atoms with van der Waals surface area (Å²) < 4.78 is 11.1. The van der Waals surface area contributed by atoms with Gasteiger partial charge in [0.2, 0.25) is 5.88 Å². The Morgan fingerprint density at radius 1 is 1.17 bits per heavy atom. The minimum atomic E-state index is 0.149. The van der Waals surface area contributed by atoms with Crippen molar-refractivity contribution in [3.05, 3.63) is 50.6 Å². The van der Waals surface area contributed by atoms with Crippen LogP contribution in [0.5, 0.6) is 11.6 Å². The molecule has 1 heterocycles. The smallest absolute Gasteiger partial charge is 0.208 e. The van der Waals surface area contributed by atoms with E-state index in [1.807, 2.05) is 0 Å². The Kier molecular flexibility index (Phi) is 7.37. The van der Waals surface area contributed by atoms with Crippen LogP contribution in [-0.4, -0.2) is 23.4 Å². The molecule has 124 valence electrons. The van der Waals surface area contributed by atoms with Crippen molar-refractivity contribution < 1.29 is 9.47 Å². The number of hydrogen-bond acceptors (Lipinski definition) is 3. The monoisotopic (exact) mass is 394 g/mol. The lowest BCUT2D eigenvalue weighted by Gasteiger charge is -2.11. The molecular formula is C15H14Cl4N2O2. The van der Waals surface area contributed by atoms with Crippen molar-refractivity contribution in [3.8, 4) is 11.6 Å². The standard InChI is InChI=1S/C15H14Cl4N2O2/c16-12-8-10(22-7-4-14(18)19)9-13(17)11(12)2-1-6-23-15-3-5-20-21-15/h3-5,8-9H,1-2,6-7H2,(H,20,21). The Morgan fingerprint density at radius 2 is 1.91 bits per heavy atom. The van der Waals surface area contributed by atoms with Crippen LogP contribution < -0.4 is 9.47 Å². The first kappa shape index (κ1) is 18.3. The fourth-order valence-corrected chi connectivity index (χ4v) is 2.64. The number of benzene rings is 1. The number of nitrogens with one attached hydrogen (secondary N) is 1. The first-order valence-electron chi connectivity index (χ1n) is 6.80. The van der Waals surface area contributed by atoms with Crippen LogP contribution in [-0.2, 0) is 6.42 Å². The summed E-state index contributed by atoms with van der Waals surface area (Å²) in [7, 11) is 0. The van der Waals surface area contributed by atoms with Gasteiger partial charge >= 0.3 is 0 Å². The molecule has 1 N–H and O–H groups in total. The summed E-state index contributed by atoms with van der Waals surface area (Å²) in [5.74, 6) is 1.19. The summed E-state index contributed by atoms with van der Waals surface area (Å²) in [6.07, 6.45) is 4.63. The second kappa shape index (κ2) is 9.28. The summed E-state index contributed by atoms with van der Waals surface area (Å²) in [6.45, 7) is 0.776. The number of nitrogens with zero attached hydrogens (tertiary/aromatic N) is 1. The number of rotatable bonds is 8. The quantitative estimate of drug-likeness (QED) is 0.606. The third-order valence-electron chi connectivity index (χ3n) is 2.91. The van der Waals surface area contributed by atoms with Crippen LogP contribution >= 0.6 is 46.4 Å². The minimum absolute atomic E-state index is 0.149. The highest BCUT2D eigenvalue weighted by Crippen LogP contribution is 2.31. The van der Waals surface area contributed by atoms with E-state index in [2.05, 4.69) is 10.2 Å². The van der Waals surface area contributed by atoms with Gasteiger partial charge in [-0.2, -0.15) is 5.10 Å². The van der Waals surface area contributed by atoms with E-state index in [0.29, 0.717) is 34.7 Å². The Morgan fingerprint density at radius 3 is 2.52 bits per heavy atom. The van der Waals surface area contributed by atoms with Gasteiger partial charge in [0.15, 0.2) is 0 Å². The molecule has 2 aromatic rings. The molecule has 1 aromatic carbocycles. The topological polar surface area (TPSA) is 47.1 Å². The van der Waals surface area contributed by atoms with Crippen LogP contribution in [0.25, 0.3) is 0 Å². The predicted molar refractivity (Wildman–Crippen MR) is 94.1 cm³/mol. The molecule has 0 aliphatic rings. The van der Waals surface area contributed by atoms with Gasteiger partial charge in [0.05, 0.1) is 12.8 Å². The highest BCUT2D eigenvalue weighted by molar-refractivity contribution is 6.55. The number of aromatic nitrogens is 2. The van der Waals surface area contributed by atoms with Crippen molar-refractivity contribution >= 4 is 46.4 Å². The van der Waals surface area contributed by atoms with Crippen LogP contribution in [0.1, 0.15) is 12.0 Å². The zero-order valence-electron chi connectivity index (χ0n) is 12.0. The lowest BCUT2D eigenvalue weighted by atomic mass is 10.1. The van der Waals surface area contributed by atoms with Gasteiger partial charge in [0.1, 0.15) is 16.8 Å². The van der Waals surface area contributed by atoms with Crippen molar-refractivity contribution in [2.24, 2.45) is 0 Å². The van der Waals surface area contributed by atoms with Crippen molar-refractivity contribution in [2.75, 3.05) is 13.2 Å². The molecule has 2 rings (SSSR count). The molecule has 23 heavy (non-hydrogen) atoms. The fraction of sp³-hybridized carbons (Fsp3) is 0.267. The molecule has 0 saturated carbocycles. The van der Waals surface area contributed by atoms with Gasteiger partial charge in [-0.1, -0.05) is 46.4 Å². The zero-order chi connectivity index (χ0) is 16.7. The normalized spacial score (nSPS) is 10.4. The molecule has 0 fully saturated rings. The SMILES string of the molecule is ClC(Cl)=CCOc1cc(Cl)c(CCCOc2ccn[nH]2)c(Cl)c1. The number of H-pyrrole nitrogens is 1. The molecule has 4 nitrogen and oxygen atoms in total. The lowest BCUT2D eigenvalue weighted by molar-refractivity contribution is 0.299. The molecule has 0 saturated heterocycles. The Labute approximate surface area is 154 Å². The Balaban J connectivity index is 1.87. The largest absolute Gasteiger partial charge is 0.489 e. The van der Waals surface area contributed by atoms with Crippen molar-refractivity contribution in [2.45, 2.75) is 12.8 Å². The summed E-state index contributed by atoms with van der Waals surface area (Å²) >= 11 is 23.6. The van der Waals surface area contributed by atoms with E-state index in [-0.39, 0.29) is 11.1 Å². The number of hydrogen-bond donors (Lipinski definition) is 1. The zero-order valence-corrected chi connectivity index (χ0v) is 15.0. The third kappa shape index (κ3) is 6.15. The average Bonchev–Trinajstić information content (AvgIpc) is 2.98. The first-order chi connectivity index (χ1) is 11.1. The summed E-state index contributed by atoms with van der Waals surface area (Å²) in [5, 5.41) is 7.64. The summed E-state index contributed by atoms with van der Waals surface area (Å²) in [6, 6.07) is 5.19. The van der Waals surface area contributed by atoms with E-state index in [1.165, 1.54) is 6.08 Å². The van der Waals surface area contributed by atoms with E-state index >= 15 is 0 Å². The highest BCUT2D eigenvalue weighted by Gasteiger charge is 2.09. The number of ether oxygens (including phenoxy) is 2. The molecule has 0 aliphatic heterocycles. The predicted octanol–water partition coefficient (Wildman–Crippen LogP) is 5.43. The number of halogens is 4. The average molecular weight is 396 g/mol. The van der Waals surface area contributed by atoms with Crippen LogP contribution in [0.2, 0.25) is 10.0 Å². The molecule has 0 amide bonds. The molecule has 0 bridgehead atoms. The molecular weight excluding hydrogens is 382 g/mol. The molecule has 0 radical (unpaired) electrons. The van der Waals surface area contributed by atoms with E-state index < -0.39 is 0 Å². The van der Waals surface area contributed by atoms with E-state index in [4.69, 9.17) is 55.9 Å². The Bertz CT molecular complexity index is 632. The maximum atomic E-state index is 6.27. The second-order valence-electron chi connectivity index (χ2n) is 4.54. The fourth-order valence-electron chi connectivity index (χ4n) is 1.86. The molecule has 1 aromatic heterocycles. The van der Waals surface area contributed by atoms with Gasteiger partial charge in [-0.3, -0.25) is 0 Å². The third-order valence-corrected chi connectivity index (χ3v) is 3.89. The highest BCUT2D eigenvalue weighted by atomic mass is 35.5. The number of aromatic amines is 1. The van der Waals surface area contributed by atoms with E-state index in [0.717, 1.165) is 12.0 Å². The van der Waals surface area contributed by atoms with Gasteiger partial charge in [-0.15, -0.1) is 0 Å². The maximum absolute atomic E-state index is 6.27. The molecule has 0 spiro atoms. The van der Waals surface area contributed by atoms with Gasteiger partial charge in [0, 0.05) is 16.1 Å². The maximum Gasteiger partial charge on any atom is 0.208 e. The van der Waals surface area contributed by atoms with Gasteiger partial charge in [0.25, 0.3) is 0 Å². The molecule has 0 aliphatic carbocycles. The van der Waals surface area contributed by atoms with Crippen molar-refractivity contribution in [3.63, 3.8) is 0 Å². The second-order valence-corrected chi connectivity index (χ2v) is 6.37. The van der Waals surface area contributed by atoms with E-state index in [9.17, 15) is 0 Å². The minimum Gasteiger partial charge on any atom is -0.489 e. The summed E-state index contributed by atoms with van der Waals surface area (Å²) in [4.78, 5) is 0. The lowest BCUT2D eigenvalue weighted by Crippen LogP contribution is -2.01. The first-order valence-corrected chi connectivity index (χ1v) is 8.31. The van der Waals surface area contributed by atoms with Crippen LogP contribution in [0.4, 0.5) is 0 Å².